The van der Waals surface area contributed by atoms with Gasteiger partial charge in [0.1, 0.15) is 0 Å². The molecule has 24 heavy (non-hydrogen) atoms. The summed E-state index contributed by atoms with van der Waals surface area (Å²) in [5.74, 6) is -0.329. The van der Waals surface area contributed by atoms with Crippen molar-refractivity contribution in [2.75, 3.05) is 0 Å². The molecule has 4 nitrogen and oxygen atoms in total. The minimum absolute atomic E-state index is 0.122. The maximum atomic E-state index is 12.4. The number of rotatable bonds is 14. The summed E-state index contributed by atoms with van der Waals surface area (Å²) in [4.78, 5) is 22.8. The number of unbranched alkanes of at least 4 members (excludes halogenated alkanes) is 5. The highest BCUT2D eigenvalue weighted by Gasteiger charge is 2.26. The minimum Gasteiger partial charge on any atom is -0.481 e. The van der Waals surface area contributed by atoms with Crippen molar-refractivity contribution in [1.29, 1.82) is 0 Å². The molecule has 0 spiro atoms. The van der Waals surface area contributed by atoms with Crippen LogP contribution >= 0.6 is 0 Å². The predicted octanol–water partition coefficient (Wildman–Crippen LogP) is 4.65. The fourth-order valence-corrected chi connectivity index (χ4v) is 3.35. The third kappa shape index (κ3) is 8.62. The predicted molar refractivity (Wildman–Crippen MR) is 95.9 cm³/mol. The average Bonchev–Trinajstić information content (AvgIpc) is 2.89. The molecule has 0 aromatic heterocycles. The number of aliphatic hydroxyl groups excluding tert-OH is 1. The van der Waals surface area contributed by atoms with Crippen LogP contribution in [-0.2, 0) is 9.59 Å². The van der Waals surface area contributed by atoms with Gasteiger partial charge in [0.15, 0.2) is 5.78 Å². The Hall–Kier alpha value is -1.16. The molecule has 2 atom stereocenters. The van der Waals surface area contributed by atoms with Crippen molar-refractivity contribution in [3.63, 3.8) is 0 Å². The molecule has 0 saturated carbocycles. The topological polar surface area (TPSA) is 74.6 Å². The molecule has 0 heterocycles. The van der Waals surface area contributed by atoms with Gasteiger partial charge in [-0.15, -0.1) is 0 Å². The number of carboxylic acid groups (broad SMARTS) is 1. The van der Waals surface area contributed by atoms with Crippen LogP contribution in [0.25, 0.3) is 0 Å². The van der Waals surface area contributed by atoms with Crippen molar-refractivity contribution in [1.82, 2.24) is 0 Å². The van der Waals surface area contributed by atoms with Crippen LogP contribution < -0.4 is 0 Å². The van der Waals surface area contributed by atoms with Crippen molar-refractivity contribution >= 4 is 11.8 Å². The summed E-state index contributed by atoms with van der Waals surface area (Å²) < 4.78 is 0. The number of allylic oxidation sites excluding steroid dienone is 2. The monoisotopic (exact) mass is 338 g/mol. The molecule has 2 unspecified atom stereocenters. The molecular formula is C20H34O4. The van der Waals surface area contributed by atoms with E-state index in [9.17, 15) is 14.7 Å². The van der Waals surface area contributed by atoms with Gasteiger partial charge in [-0.25, -0.2) is 0 Å². The number of ketones is 1. The number of carbonyl (C=O) groups is 2. The largest absolute Gasteiger partial charge is 0.481 e. The summed E-state index contributed by atoms with van der Waals surface area (Å²) >= 11 is 0. The Morgan fingerprint density at radius 1 is 1.17 bits per heavy atom. The Kier molecular flexibility index (Phi) is 10.6. The zero-order chi connectivity index (χ0) is 17.8. The molecule has 1 rings (SSSR count). The fourth-order valence-electron chi connectivity index (χ4n) is 3.35. The lowest BCUT2D eigenvalue weighted by molar-refractivity contribution is -0.137. The molecule has 0 aromatic carbocycles. The Morgan fingerprint density at radius 3 is 2.62 bits per heavy atom. The second-order valence-corrected chi connectivity index (χ2v) is 7.06. The van der Waals surface area contributed by atoms with Crippen LogP contribution in [0.2, 0.25) is 0 Å². The van der Waals surface area contributed by atoms with Crippen molar-refractivity contribution in [3.8, 4) is 0 Å². The molecule has 1 aliphatic rings. The maximum absolute atomic E-state index is 12.4. The number of Topliss-reactive ketones (excluding diaryl/α,β-unsaturated/α-hetero) is 1. The quantitative estimate of drug-likeness (QED) is 0.452. The van der Waals surface area contributed by atoms with Crippen molar-refractivity contribution in [2.45, 2.75) is 96.5 Å². The van der Waals surface area contributed by atoms with Crippen LogP contribution in [0.1, 0.15) is 90.4 Å². The number of carbonyl (C=O) groups excluding carboxylic acids is 1. The smallest absolute Gasteiger partial charge is 0.303 e. The summed E-state index contributed by atoms with van der Waals surface area (Å²) in [6.07, 6.45) is 13.1. The van der Waals surface area contributed by atoms with Gasteiger partial charge in [-0.3, -0.25) is 9.59 Å². The molecule has 0 radical (unpaired) electrons. The maximum Gasteiger partial charge on any atom is 0.303 e. The van der Waals surface area contributed by atoms with E-state index in [1.807, 2.05) is 0 Å². The van der Waals surface area contributed by atoms with E-state index in [-0.39, 0.29) is 24.2 Å². The van der Waals surface area contributed by atoms with Gasteiger partial charge in [0.25, 0.3) is 0 Å². The zero-order valence-corrected chi connectivity index (χ0v) is 15.1. The van der Waals surface area contributed by atoms with E-state index in [2.05, 4.69) is 13.0 Å². The number of carboxylic acids is 1. The molecule has 0 amide bonds. The molecule has 0 fully saturated rings. The molecule has 2 N–H and O–H groups in total. The molecule has 4 heteroatoms. The SMILES string of the molecule is CCCCCC(O)CCC1=CCC(CCCCCCC(=O)O)C1=O. The third-order valence-electron chi connectivity index (χ3n) is 4.92. The highest BCUT2D eigenvalue weighted by Crippen LogP contribution is 2.29. The Labute approximate surface area is 146 Å². The van der Waals surface area contributed by atoms with E-state index in [4.69, 9.17) is 5.11 Å². The summed E-state index contributed by atoms with van der Waals surface area (Å²) in [5.41, 5.74) is 0.917. The van der Waals surface area contributed by atoms with E-state index < -0.39 is 5.97 Å². The number of aliphatic carboxylic acids is 1. The Balaban J connectivity index is 2.12. The lowest BCUT2D eigenvalue weighted by Crippen LogP contribution is -2.13. The lowest BCUT2D eigenvalue weighted by atomic mass is 9.94. The van der Waals surface area contributed by atoms with Crippen LogP contribution in [0.3, 0.4) is 0 Å². The lowest BCUT2D eigenvalue weighted by Gasteiger charge is -2.12. The molecule has 138 valence electrons. The molecular weight excluding hydrogens is 304 g/mol. The first-order valence-electron chi connectivity index (χ1n) is 9.67. The molecule has 0 saturated heterocycles. The van der Waals surface area contributed by atoms with Gasteiger partial charge in [0.2, 0.25) is 0 Å². The van der Waals surface area contributed by atoms with Crippen LogP contribution in [0.15, 0.2) is 11.6 Å². The summed E-state index contributed by atoms with van der Waals surface area (Å²) in [5, 5.41) is 18.6. The van der Waals surface area contributed by atoms with Gasteiger partial charge in [0.05, 0.1) is 6.10 Å². The number of hydrogen-bond acceptors (Lipinski definition) is 3. The Bertz CT molecular complexity index is 414. The second-order valence-electron chi connectivity index (χ2n) is 7.06. The zero-order valence-electron chi connectivity index (χ0n) is 15.1. The first-order valence-corrected chi connectivity index (χ1v) is 9.67. The third-order valence-corrected chi connectivity index (χ3v) is 4.92. The van der Waals surface area contributed by atoms with Gasteiger partial charge in [-0.1, -0.05) is 51.5 Å². The van der Waals surface area contributed by atoms with Crippen LogP contribution in [-0.4, -0.2) is 28.1 Å². The molecule has 1 aliphatic carbocycles. The first-order chi connectivity index (χ1) is 11.5. The number of aliphatic hydroxyl groups is 1. The minimum atomic E-state index is -0.730. The van der Waals surface area contributed by atoms with Gasteiger partial charge in [-0.05, 0) is 44.1 Å². The second kappa shape index (κ2) is 12.2. The van der Waals surface area contributed by atoms with Crippen LogP contribution in [0.5, 0.6) is 0 Å². The van der Waals surface area contributed by atoms with Gasteiger partial charge in [0, 0.05) is 12.3 Å². The average molecular weight is 338 g/mol. The van der Waals surface area contributed by atoms with Crippen molar-refractivity contribution in [2.24, 2.45) is 5.92 Å². The van der Waals surface area contributed by atoms with E-state index in [0.717, 1.165) is 69.8 Å². The number of hydrogen-bond donors (Lipinski definition) is 2. The van der Waals surface area contributed by atoms with Crippen LogP contribution in [0, 0.1) is 5.92 Å². The van der Waals surface area contributed by atoms with Gasteiger partial charge in [-0.2, -0.15) is 0 Å². The van der Waals surface area contributed by atoms with Crippen molar-refractivity contribution < 1.29 is 19.8 Å². The van der Waals surface area contributed by atoms with E-state index in [0.29, 0.717) is 12.8 Å². The summed E-state index contributed by atoms with van der Waals surface area (Å²) in [6, 6.07) is 0. The van der Waals surface area contributed by atoms with E-state index >= 15 is 0 Å². The fraction of sp³-hybridized carbons (Fsp3) is 0.800. The first kappa shape index (κ1) is 20.9. The molecule has 0 bridgehead atoms. The standard InChI is InChI=1S/C20H34O4/c1-2-3-6-10-18(21)15-14-17-13-12-16(20(17)24)9-7-4-5-8-11-19(22)23/h13,16,18,21H,2-12,14-15H2,1H3,(H,22,23). The van der Waals surface area contributed by atoms with Crippen molar-refractivity contribution in [3.05, 3.63) is 11.6 Å². The van der Waals surface area contributed by atoms with Gasteiger partial charge >= 0.3 is 5.97 Å². The summed E-state index contributed by atoms with van der Waals surface area (Å²) in [6.45, 7) is 2.15. The molecule has 0 aromatic rings. The highest BCUT2D eigenvalue weighted by atomic mass is 16.4. The normalized spacial score (nSPS) is 18.7. The molecule has 0 aliphatic heterocycles. The Morgan fingerprint density at radius 2 is 1.92 bits per heavy atom. The van der Waals surface area contributed by atoms with E-state index in [1.165, 1.54) is 0 Å². The summed E-state index contributed by atoms with van der Waals surface area (Å²) in [7, 11) is 0. The van der Waals surface area contributed by atoms with Gasteiger partial charge < -0.3 is 10.2 Å². The van der Waals surface area contributed by atoms with E-state index in [1.54, 1.807) is 0 Å². The van der Waals surface area contributed by atoms with Crippen LogP contribution in [0.4, 0.5) is 0 Å². The highest BCUT2D eigenvalue weighted by molar-refractivity contribution is 5.99.